The Morgan fingerprint density at radius 3 is 2.57 bits per heavy atom. The first-order valence-corrected chi connectivity index (χ1v) is 7.09. The van der Waals surface area contributed by atoms with Crippen molar-refractivity contribution in [2.45, 2.75) is 25.8 Å². The molecule has 1 saturated carbocycles. The number of nitrogens with one attached hydrogen (secondary N) is 2. The first-order valence-electron chi connectivity index (χ1n) is 7.09. The van der Waals surface area contributed by atoms with Gasteiger partial charge in [-0.2, -0.15) is 0 Å². The van der Waals surface area contributed by atoms with Crippen LogP contribution in [0.5, 0.6) is 0 Å². The highest BCUT2D eigenvalue weighted by atomic mass is 16.2. The average molecular weight is 283 g/mol. The average Bonchev–Trinajstić information content (AvgIpc) is 2.46. The first-order chi connectivity index (χ1) is 10.3. The van der Waals surface area contributed by atoms with Gasteiger partial charge in [0.1, 0.15) is 5.82 Å². The molecule has 0 unspecified atom stereocenters. The van der Waals surface area contributed by atoms with Crippen LogP contribution in [0, 0.1) is 5.92 Å². The van der Waals surface area contributed by atoms with Crippen LogP contribution < -0.4 is 10.6 Å². The van der Waals surface area contributed by atoms with Crippen molar-refractivity contribution in [2.75, 3.05) is 10.6 Å². The lowest BCUT2D eigenvalue weighted by atomic mass is 9.85. The van der Waals surface area contributed by atoms with Gasteiger partial charge in [-0.1, -0.05) is 12.5 Å². The summed E-state index contributed by atoms with van der Waals surface area (Å²) in [7, 11) is 0. The largest absolute Gasteiger partial charge is 0.363 e. The van der Waals surface area contributed by atoms with Crippen molar-refractivity contribution in [3.05, 3.63) is 42.2 Å². The van der Waals surface area contributed by atoms with Gasteiger partial charge in [-0.05, 0) is 37.1 Å². The molecule has 2 N–H and O–H groups in total. The zero-order valence-corrected chi connectivity index (χ0v) is 11.6. The van der Waals surface area contributed by atoms with E-state index in [0.29, 0.717) is 18.2 Å². The van der Waals surface area contributed by atoms with Gasteiger partial charge in [0, 0.05) is 12.1 Å². The van der Waals surface area contributed by atoms with E-state index in [2.05, 4.69) is 25.8 Å². The van der Waals surface area contributed by atoms with Gasteiger partial charge in [0.15, 0.2) is 5.82 Å². The number of carbonyl (C=O) groups is 1. The van der Waals surface area contributed by atoms with E-state index in [1.165, 1.54) is 0 Å². The van der Waals surface area contributed by atoms with Crippen molar-refractivity contribution in [1.29, 1.82) is 0 Å². The smallest absolute Gasteiger partial charge is 0.228 e. The van der Waals surface area contributed by atoms with E-state index in [1.807, 2.05) is 18.2 Å². The van der Waals surface area contributed by atoms with Gasteiger partial charge >= 0.3 is 0 Å². The van der Waals surface area contributed by atoms with Crippen LogP contribution in [-0.4, -0.2) is 21.1 Å². The van der Waals surface area contributed by atoms with Crippen LogP contribution in [-0.2, 0) is 11.3 Å². The van der Waals surface area contributed by atoms with Crippen LogP contribution in [0.15, 0.2) is 36.5 Å². The standard InChI is InChI=1S/C15H17N5O/c21-15(11-4-3-5-11)18-14-8-7-13(19-20-14)17-10-12-6-1-2-9-16-12/h1-2,6-9,11H,3-5,10H2,(H,17,19)(H,18,20,21). The number of aromatic nitrogens is 3. The molecule has 1 aliphatic rings. The van der Waals surface area contributed by atoms with Crippen LogP contribution in [0.4, 0.5) is 11.6 Å². The van der Waals surface area contributed by atoms with E-state index < -0.39 is 0 Å². The number of hydrogen-bond donors (Lipinski definition) is 2. The lowest BCUT2D eigenvalue weighted by Gasteiger charge is -2.23. The van der Waals surface area contributed by atoms with E-state index in [4.69, 9.17) is 0 Å². The first kappa shape index (κ1) is 13.5. The van der Waals surface area contributed by atoms with Gasteiger partial charge in [-0.15, -0.1) is 10.2 Å². The molecule has 2 heterocycles. The highest BCUT2D eigenvalue weighted by Crippen LogP contribution is 2.27. The summed E-state index contributed by atoms with van der Waals surface area (Å²) in [5.41, 5.74) is 0.932. The maximum atomic E-state index is 11.8. The molecular weight excluding hydrogens is 266 g/mol. The van der Waals surface area contributed by atoms with Crippen molar-refractivity contribution in [3.63, 3.8) is 0 Å². The van der Waals surface area contributed by atoms with Gasteiger partial charge in [0.2, 0.25) is 5.91 Å². The van der Waals surface area contributed by atoms with Crippen LogP contribution in [0.2, 0.25) is 0 Å². The van der Waals surface area contributed by atoms with Gasteiger partial charge in [-0.25, -0.2) is 0 Å². The Morgan fingerprint density at radius 1 is 1.14 bits per heavy atom. The van der Waals surface area contributed by atoms with Gasteiger partial charge in [-0.3, -0.25) is 9.78 Å². The minimum Gasteiger partial charge on any atom is -0.363 e. The SMILES string of the molecule is O=C(Nc1ccc(NCc2ccccn2)nn1)C1CCC1. The molecule has 21 heavy (non-hydrogen) atoms. The monoisotopic (exact) mass is 283 g/mol. The minimum absolute atomic E-state index is 0.0461. The number of pyridine rings is 1. The second-order valence-electron chi connectivity index (χ2n) is 5.10. The third kappa shape index (κ3) is 3.53. The number of nitrogens with zero attached hydrogens (tertiary/aromatic N) is 3. The normalized spacial score (nSPS) is 14.3. The highest BCUT2D eigenvalue weighted by Gasteiger charge is 2.25. The number of hydrogen-bond acceptors (Lipinski definition) is 5. The molecule has 3 rings (SSSR count). The van der Waals surface area contributed by atoms with Crippen LogP contribution in [0.3, 0.4) is 0 Å². The Kier molecular flexibility index (Phi) is 4.04. The van der Waals surface area contributed by atoms with E-state index in [-0.39, 0.29) is 11.8 Å². The van der Waals surface area contributed by atoms with E-state index >= 15 is 0 Å². The Labute approximate surface area is 123 Å². The molecule has 0 spiro atoms. The minimum atomic E-state index is 0.0461. The van der Waals surface area contributed by atoms with E-state index in [0.717, 1.165) is 25.0 Å². The fourth-order valence-corrected chi connectivity index (χ4v) is 2.08. The lowest BCUT2D eigenvalue weighted by Crippen LogP contribution is -2.28. The van der Waals surface area contributed by atoms with E-state index in [9.17, 15) is 4.79 Å². The molecule has 0 aromatic carbocycles. The lowest BCUT2D eigenvalue weighted by molar-refractivity contribution is -0.122. The zero-order chi connectivity index (χ0) is 14.5. The van der Waals surface area contributed by atoms with Gasteiger partial charge in [0.05, 0.1) is 12.2 Å². The molecular formula is C15H17N5O. The fraction of sp³-hybridized carbons (Fsp3) is 0.333. The second kappa shape index (κ2) is 6.30. The van der Waals surface area contributed by atoms with Crippen LogP contribution in [0.25, 0.3) is 0 Å². The Balaban J connectivity index is 1.52. The summed E-state index contributed by atoms with van der Waals surface area (Å²) in [6.07, 6.45) is 4.84. The van der Waals surface area contributed by atoms with E-state index in [1.54, 1.807) is 18.3 Å². The maximum absolute atomic E-state index is 11.8. The van der Waals surface area contributed by atoms with Crippen molar-refractivity contribution >= 4 is 17.5 Å². The molecule has 1 aliphatic carbocycles. The molecule has 0 atom stereocenters. The summed E-state index contributed by atoms with van der Waals surface area (Å²) in [5.74, 6) is 1.34. The molecule has 2 aromatic rings. The summed E-state index contributed by atoms with van der Waals surface area (Å²) in [5, 5.41) is 14.0. The quantitative estimate of drug-likeness (QED) is 0.879. The molecule has 6 heteroatoms. The summed E-state index contributed by atoms with van der Waals surface area (Å²) in [6.45, 7) is 0.587. The molecule has 0 radical (unpaired) electrons. The molecule has 0 aliphatic heterocycles. The molecule has 2 aromatic heterocycles. The van der Waals surface area contributed by atoms with Crippen molar-refractivity contribution in [2.24, 2.45) is 5.92 Å². The third-order valence-electron chi connectivity index (χ3n) is 3.57. The predicted molar refractivity (Wildman–Crippen MR) is 79.6 cm³/mol. The summed E-state index contributed by atoms with van der Waals surface area (Å²) in [4.78, 5) is 16.0. The fourth-order valence-electron chi connectivity index (χ4n) is 2.08. The molecule has 0 bridgehead atoms. The maximum Gasteiger partial charge on any atom is 0.228 e. The van der Waals surface area contributed by atoms with Crippen LogP contribution in [0.1, 0.15) is 25.0 Å². The Morgan fingerprint density at radius 2 is 1.95 bits per heavy atom. The van der Waals surface area contributed by atoms with Gasteiger partial charge in [0.25, 0.3) is 0 Å². The highest BCUT2D eigenvalue weighted by molar-refractivity contribution is 5.92. The predicted octanol–water partition coefficient (Wildman–Crippen LogP) is 2.22. The van der Waals surface area contributed by atoms with Crippen molar-refractivity contribution < 1.29 is 4.79 Å². The summed E-state index contributed by atoms with van der Waals surface area (Å²) in [6, 6.07) is 9.31. The Bertz CT molecular complexity index is 595. The van der Waals surface area contributed by atoms with Crippen molar-refractivity contribution in [3.8, 4) is 0 Å². The second-order valence-corrected chi connectivity index (χ2v) is 5.10. The molecule has 6 nitrogen and oxygen atoms in total. The topological polar surface area (TPSA) is 79.8 Å². The van der Waals surface area contributed by atoms with Crippen molar-refractivity contribution in [1.82, 2.24) is 15.2 Å². The van der Waals surface area contributed by atoms with Crippen LogP contribution >= 0.6 is 0 Å². The Hall–Kier alpha value is -2.50. The molecule has 1 fully saturated rings. The number of anilines is 2. The number of amides is 1. The zero-order valence-electron chi connectivity index (χ0n) is 11.6. The molecule has 1 amide bonds. The third-order valence-corrected chi connectivity index (χ3v) is 3.57. The summed E-state index contributed by atoms with van der Waals surface area (Å²) >= 11 is 0. The molecule has 0 saturated heterocycles. The number of carbonyl (C=O) groups excluding carboxylic acids is 1. The number of rotatable bonds is 5. The molecule has 108 valence electrons. The summed E-state index contributed by atoms with van der Waals surface area (Å²) < 4.78 is 0. The van der Waals surface area contributed by atoms with Gasteiger partial charge < -0.3 is 10.6 Å².